The monoisotopic (exact) mass is 339 g/mol. The lowest BCUT2D eigenvalue weighted by Crippen LogP contribution is -2.42. The van der Waals surface area contributed by atoms with Crippen LogP contribution in [0.25, 0.3) is 0 Å². The summed E-state index contributed by atoms with van der Waals surface area (Å²) in [5.41, 5.74) is 2.83. The molecule has 0 unspecified atom stereocenters. The van der Waals surface area contributed by atoms with Gasteiger partial charge in [-0.3, -0.25) is 4.79 Å². The van der Waals surface area contributed by atoms with Crippen LogP contribution >= 0.6 is 0 Å². The second-order valence-electron chi connectivity index (χ2n) is 7.28. The molecule has 1 aliphatic heterocycles. The first kappa shape index (κ1) is 17.3. The summed E-state index contributed by atoms with van der Waals surface area (Å²) < 4.78 is 11.7. The first-order valence-electron chi connectivity index (χ1n) is 8.61. The van der Waals surface area contributed by atoms with Crippen LogP contribution in [-0.4, -0.2) is 18.1 Å². The van der Waals surface area contributed by atoms with Crippen molar-refractivity contribution in [2.45, 2.75) is 45.8 Å². The maximum Gasteiger partial charge on any atom is 0.258 e. The molecule has 0 saturated carbocycles. The molecule has 2 aromatic carbocycles. The Bertz CT molecular complexity index is 782. The Morgan fingerprint density at radius 1 is 1.24 bits per heavy atom. The summed E-state index contributed by atoms with van der Waals surface area (Å²) in [5.74, 6) is 1.46. The van der Waals surface area contributed by atoms with Crippen molar-refractivity contribution in [1.82, 2.24) is 5.32 Å². The van der Waals surface area contributed by atoms with Gasteiger partial charge in [0.25, 0.3) is 5.91 Å². The Morgan fingerprint density at radius 2 is 2.00 bits per heavy atom. The molecule has 0 spiro atoms. The standard InChI is InChI=1S/C21H25NO3/c1-14-9-10-15(2)19(11-14)24-13-20(23)22-17-12-21(3,4)25-18-8-6-5-7-16(17)18/h5-11,17H,12-13H2,1-4H3,(H,22,23)/t17-/m0/s1. The zero-order chi connectivity index (χ0) is 18.0. The van der Waals surface area contributed by atoms with E-state index < -0.39 is 0 Å². The molecule has 0 aliphatic carbocycles. The molecule has 1 N–H and O–H groups in total. The van der Waals surface area contributed by atoms with Gasteiger partial charge >= 0.3 is 0 Å². The van der Waals surface area contributed by atoms with Crippen molar-refractivity contribution < 1.29 is 14.3 Å². The lowest BCUT2D eigenvalue weighted by atomic mass is 9.90. The Morgan fingerprint density at radius 3 is 2.80 bits per heavy atom. The molecular weight excluding hydrogens is 314 g/mol. The molecule has 4 nitrogen and oxygen atoms in total. The van der Waals surface area contributed by atoms with Gasteiger partial charge in [0, 0.05) is 12.0 Å². The molecule has 1 amide bonds. The molecule has 2 aromatic rings. The van der Waals surface area contributed by atoms with Crippen molar-refractivity contribution in [1.29, 1.82) is 0 Å². The molecule has 0 aromatic heterocycles. The van der Waals surface area contributed by atoms with Gasteiger partial charge in [-0.25, -0.2) is 0 Å². The SMILES string of the molecule is Cc1ccc(C)c(OCC(=O)N[C@H]2CC(C)(C)Oc3ccccc32)c1. The van der Waals surface area contributed by atoms with Crippen LogP contribution in [0.15, 0.2) is 42.5 Å². The third kappa shape index (κ3) is 4.13. The van der Waals surface area contributed by atoms with Crippen molar-refractivity contribution in [3.63, 3.8) is 0 Å². The lowest BCUT2D eigenvalue weighted by Gasteiger charge is -2.37. The summed E-state index contributed by atoms with van der Waals surface area (Å²) in [6.45, 7) is 8.06. The predicted octanol–water partition coefficient (Wildman–Crippen LogP) is 4.10. The highest BCUT2D eigenvalue weighted by atomic mass is 16.5. The van der Waals surface area contributed by atoms with E-state index in [0.29, 0.717) is 0 Å². The summed E-state index contributed by atoms with van der Waals surface area (Å²) in [6, 6.07) is 13.8. The van der Waals surface area contributed by atoms with E-state index in [-0.39, 0.29) is 24.2 Å². The number of fused-ring (bicyclic) bond motifs is 1. The highest BCUT2D eigenvalue weighted by Crippen LogP contribution is 2.39. The smallest absolute Gasteiger partial charge is 0.258 e. The van der Waals surface area contributed by atoms with Crippen molar-refractivity contribution in [3.05, 3.63) is 59.2 Å². The molecule has 25 heavy (non-hydrogen) atoms. The van der Waals surface area contributed by atoms with Gasteiger partial charge in [0.2, 0.25) is 0 Å². The molecule has 1 aliphatic rings. The maximum atomic E-state index is 12.4. The Hall–Kier alpha value is -2.49. The second kappa shape index (κ2) is 6.79. The van der Waals surface area contributed by atoms with Crippen molar-refractivity contribution >= 4 is 5.91 Å². The van der Waals surface area contributed by atoms with Crippen LogP contribution in [0.4, 0.5) is 0 Å². The van der Waals surface area contributed by atoms with Gasteiger partial charge in [0.05, 0.1) is 6.04 Å². The lowest BCUT2D eigenvalue weighted by molar-refractivity contribution is -0.124. The summed E-state index contributed by atoms with van der Waals surface area (Å²) in [4.78, 5) is 12.4. The van der Waals surface area contributed by atoms with Gasteiger partial charge in [-0.05, 0) is 51.0 Å². The topological polar surface area (TPSA) is 47.6 Å². The van der Waals surface area contributed by atoms with E-state index in [9.17, 15) is 4.79 Å². The highest BCUT2D eigenvalue weighted by molar-refractivity contribution is 5.78. The van der Waals surface area contributed by atoms with Crippen LogP contribution in [0.5, 0.6) is 11.5 Å². The number of hydrogen-bond acceptors (Lipinski definition) is 3. The average molecular weight is 339 g/mol. The van der Waals surface area contributed by atoms with Crippen molar-refractivity contribution in [2.75, 3.05) is 6.61 Å². The first-order chi connectivity index (χ1) is 11.8. The summed E-state index contributed by atoms with van der Waals surface area (Å²) in [6.07, 6.45) is 0.721. The van der Waals surface area contributed by atoms with E-state index in [1.54, 1.807) is 0 Å². The largest absolute Gasteiger partial charge is 0.487 e. The Labute approximate surface area is 149 Å². The quantitative estimate of drug-likeness (QED) is 0.912. The normalized spacial score (nSPS) is 18.0. The van der Waals surface area contributed by atoms with Gasteiger partial charge in [-0.15, -0.1) is 0 Å². The number of nitrogens with one attached hydrogen (secondary N) is 1. The van der Waals surface area contributed by atoms with Crippen LogP contribution in [0, 0.1) is 13.8 Å². The van der Waals surface area contributed by atoms with Gasteiger partial charge in [0.1, 0.15) is 17.1 Å². The second-order valence-corrected chi connectivity index (χ2v) is 7.28. The minimum absolute atomic E-state index is 0.00421. The maximum absolute atomic E-state index is 12.4. The van der Waals surface area contributed by atoms with Crippen LogP contribution in [0.1, 0.15) is 43.0 Å². The highest BCUT2D eigenvalue weighted by Gasteiger charge is 2.34. The average Bonchev–Trinajstić information content (AvgIpc) is 2.54. The van der Waals surface area contributed by atoms with Crippen LogP contribution < -0.4 is 14.8 Å². The van der Waals surface area contributed by atoms with Gasteiger partial charge < -0.3 is 14.8 Å². The van der Waals surface area contributed by atoms with Crippen molar-refractivity contribution in [3.8, 4) is 11.5 Å². The van der Waals surface area contributed by atoms with Gasteiger partial charge in [-0.2, -0.15) is 0 Å². The number of para-hydroxylation sites is 1. The fourth-order valence-corrected chi connectivity index (χ4v) is 3.17. The number of ether oxygens (including phenoxy) is 2. The fraction of sp³-hybridized carbons (Fsp3) is 0.381. The van der Waals surface area contributed by atoms with E-state index in [1.165, 1.54) is 0 Å². The fourth-order valence-electron chi connectivity index (χ4n) is 3.17. The van der Waals surface area contributed by atoms with Gasteiger partial charge in [-0.1, -0.05) is 30.3 Å². The van der Waals surface area contributed by atoms with Crippen LogP contribution in [0.3, 0.4) is 0 Å². The minimum Gasteiger partial charge on any atom is -0.487 e. The molecule has 3 rings (SSSR count). The zero-order valence-electron chi connectivity index (χ0n) is 15.3. The molecule has 0 bridgehead atoms. The molecule has 0 fully saturated rings. The Balaban J connectivity index is 1.67. The van der Waals surface area contributed by atoms with Crippen LogP contribution in [0.2, 0.25) is 0 Å². The van der Waals surface area contributed by atoms with Crippen molar-refractivity contribution in [2.24, 2.45) is 0 Å². The molecular formula is C21H25NO3. The van der Waals surface area contributed by atoms with Crippen LogP contribution in [-0.2, 0) is 4.79 Å². The molecule has 4 heteroatoms. The number of hydrogen-bond donors (Lipinski definition) is 1. The van der Waals surface area contributed by atoms with E-state index >= 15 is 0 Å². The minimum atomic E-state index is -0.319. The molecule has 0 saturated heterocycles. The third-order valence-corrected chi connectivity index (χ3v) is 4.41. The summed E-state index contributed by atoms with van der Waals surface area (Å²) >= 11 is 0. The molecule has 132 valence electrons. The van der Waals surface area contributed by atoms with E-state index in [1.807, 2.05) is 70.2 Å². The summed E-state index contributed by atoms with van der Waals surface area (Å²) in [5, 5.41) is 3.09. The number of aryl methyl sites for hydroxylation is 2. The third-order valence-electron chi connectivity index (χ3n) is 4.41. The predicted molar refractivity (Wildman–Crippen MR) is 98.1 cm³/mol. The number of carbonyl (C=O) groups is 1. The molecule has 1 heterocycles. The van der Waals surface area contributed by atoms with E-state index in [2.05, 4.69) is 5.32 Å². The van der Waals surface area contributed by atoms with E-state index in [0.717, 1.165) is 34.6 Å². The first-order valence-corrected chi connectivity index (χ1v) is 8.61. The summed E-state index contributed by atoms with van der Waals surface area (Å²) in [7, 11) is 0. The number of carbonyl (C=O) groups excluding carboxylic acids is 1. The molecule has 0 radical (unpaired) electrons. The van der Waals surface area contributed by atoms with E-state index in [4.69, 9.17) is 9.47 Å². The Kier molecular flexibility index (Phi) is 4.71. The zero-order valence-corrected chi connectivity index (χ0v) is 15.3. The number of amides is 1. The molecule has 1 atom stereocenters. The number of rotatable bonds is 4. The van der Waals surface area contributed by atoms with Gasteiger partial charge in [0.15, 0.2) is 6.61 Å². The number of benzene rings is 2.